The van der Waals surface area contributed by atoms with Gasteiger partial charge in [-0.15, -0.1) is 0 Å². The maximum absolute atomic E-state index is 12.0. The van der Waals surface area contributed by atoms with E-state index in [0.29, 0.717) is 16.7 Å². The van der Waals surface area contributed by atoms with Crippen LogP contribution < -0.4 is 5.43 Å². The number of hydrogen-bond acceptors (Lipinski definition) is 5. The number of carbonyl (C=O) groups excluding carboxylic acids is 1. The maximum atomic E-state index is 12.0. The molecule has 0 aliphatic carbocycles. The molecule has 0 atom stereocenters. The van der Waals surface area contributed by atoms with Gasteiger partial charge in [-0.25, -0.2) is 0 Å². The number of hydrogen-bond donors (Lipinski definition) is 1. The summed E-state index contributed by atoms with van der Waals surface area (Å²) in [6, 6.07) is 4.10. The van der Waals surface area contributed by atoms with Gasteiger partial charge in [0.05, 0.1) is 18.4 Å². The summed E-state index contributed by atoms with van der Waals surface area (Å²) in [7, 11) is 0. The van der Waals surface area contributed by atoms with Crippen molar-refractivity contribution in [2.45, 2.75) is 20.3 Å². The molecule has 0 amide bonds. The smallest absolute Gasteiger partial charge is 0.310 e. The fourth-order valence-corrected chi connectivity index (χ4v) is 1.98. The lowest BCUT2D eigenvalue weighted by atomic mass is 10.1. The molecule has 0 aliphatic heterocycles. The Morgan fingerprint density at radius 2 is 2.11 bits per heavy atom. The molecule has 5 heteroatoms. The zero-order valence-corrected chi connectivity index (χ0v) is 10.7. The highest BCUT2D eigenvalue weighted by Gasteiger charge is 2.14. The number of carbonyl (C=O) groups is 1. The number of phenols is 1. The van der Waals surface area contributed by atoms with Crippen LogP contribution in [0.2, 0.25) is 0 Å². The third-order valence-electron chi connectivity index (χ3n) is 2.66. The fraction of sp³-hybridized carbons (Fsp3) is 0.286. The number of fused-ring (bicyclic) bond motifs is 1. The van der Waals surface area contributed by atoms with Crippen LogP contribution in [0.4, 0.5) is 0 Å². The first-order valence-electron chi connectivity index (χ1n) is 5.93. The molecule has 5 nitrogen and oxygen atoms in total. The third-order valence-corrected chi connectivity index (χ3v) is 2.66. The number of aromatic hydroxyl groups is 1. The third kappa shape index (κ3) is 2.76. The normalized spacial score (nSPS) is 10.6. The summed E-state index contributed by atoms with van der Waals surface area (Å²) in [5, 5.41) is 9.92. The summed E-state index contributed by atoms with van der Waals surface area (Å²) in [4.78, 5) is 23.5. The Hall–Kier alpha value is -2.30. The first-order valence-corrected chi connectivity index (χ1v) is 5.93. The summed E-state index contributed by atoms with van der Waals surface area (Å²) in [6.45, 7) is 3.62. The van der Waals surface area contributed by atoms with Crippen molar-refractivity contribution in [2.24, 2.45) is 0 Å². The lowest BCUT2D eigenvalue weighted by Crippen LogP contribution is -2.11. The van der Waals surface area contributed by atoms with Gasteiger partial charge in [-0.2, -0.15) is 0 Å². The summed E-state index contributed by atoms with van der Waals surface area (Å²) in [5.41, 5.74) is 0.435. The second-order valence-corrected chi connectivity index (χ2v) is 4.18. The molecule has 0 bridgehead atoms. The highest BCUT2D eigenvalue weighted by atomic mass is 16.5. The Morgan fingerprint density at radius 1 is 1.37 bits per heavy atom. The van der Waals surface area contributed by atoms with Gasteiger partial charge < -0.3 is 14.3 Å². The van der Waals surface area contributed by atoms with Crippen LogP contribution in [0, 0.1) is 6.92 Å². The van der Waals surface area contributed by atoms with E-state index >= 15 is 0 Å². The molecular weight excluding hydrogens is 248 g/mol. The Bertz CT molecular complexity index is 679. The van der Waals surface area contributed by atoms with Gasteiger partial charge in [0, 0.05) is 12.1 Å². The Morgan fingerprint density at radius 3 is 2.79 bits per heavy atom. The van der Waals surface area contributed by atoms with Crippen molar-refractivity contribution in [1.29, 1.82) is 0 Å². The van der Waals surface area contributed by atoms with E-state index in [1.54, 1.807) is 13.8 Å². The minimum Gasteiger partial charge on any atom is -0.508 e. The minimum absolute atomic E-state index is 0.0550. The van der Waals surface area contributed by atoms with Gasteiger partial charge in [0.25, 0.3) is 0 Å². The average Bonchev–Trinajstić information content (AvgIpc) is 2.26. The van der Waals surface area contributed by atoms with E-state index in [1.165, 1.54) is 18.2 Å². The molecule has 0 spiro atoms. The molecule has 1 N–H and O–H groups in total. The van der Waals surface area contributed by atoms with E-state index in [4.69, 9.17) is 9.15 Å². The molecule has 0 unspecified atom stereocenters. The van der Waals surface area contributed by atoms with Gasteiger partial charge >= 0.3 is 5.97 Å². The van der Waals surface area contributed by atoms with Gasteiger partial charge in [0.1, 0.15) is 17.1 Å². The van der Waals surface area contributed by atoms with E-state index in [-0.39, 0.29) is 29.8 Å². The fourth-order valence-electron chi connectivity index (χ4n) is 1.98. The monoisotopic (exact) mass is 262 g/mol. The molecule has 0 saturated heterocycles. The van der Waals surface area contributed by atoms with Crippen molar-refractivity contribution in [1.82, 2.24) is 0 Å². The van der Waals surface area contributed by atoms with Gasteiger partial charge in [0.2, 0.25) is 0 Å². The van der Waals surface area contributed by atoms with Gasteiger partial charge in [-0.3, -0.25) is 9.59 Å². The molecule has 2 aromatic rings. The second kappa shape index (κ2) is 5.14. The summed E-state index contributed by atoms with van der Waals surface area (Å²) in [6.07, 6.45) is -0.0768. The van der Waals surface area contributed by atoms with Crippen LogP contribution in [0.3, 0.4) is 0 Å². The first kappa shape index (κ1) is 13.1. The number of phenolic OH excluding ortho intramolecular Hbond substituents is 1. The van der Waals surface area contributed by atoms with Gasteiger partial charge in [-0.05, 0) is 25.5 Å². The predicted octanol–water partition coefficient (Wildman–Crippen LogP) is 1.91. The maximum Gasteiger partial charge on any atom is 0.310 e. The standard InChI is InChI=1S/C14H14O5/c1-3-18-13(17)6-9-5-10(15)7-12-14(9)11(16)4-8(2)19-12/h4-5,7,15H,3,6H2,1-2H3. The largest absolute Gasteiger partial charge is 0.508 e. The van der Waals surface area contributed by atoms with Gasteiger partial charge in [0.15, 0.2) is 5.43 Å². The van der Waals surface area contributed by atoms with Crippen molar-refractivity contribution < 1.29 is 19.1 Å². The SMILES string of the molecule is CCOC(=O)Cc1cc(O)cc2oc(C)cc(=O)c12. The number of benzene rings is 1. The van der Waals surface area contributed by atoms with E-state index in [1.807, 2.05) is 0 Å². The molecule has 2 rings (SSSR count). The minimum atomic E-state index is -0.450. The number of ether oxygens (including phenoxy) is 1. The van der Waals surface area contributed by atoms with Crippen LogP contribution >= 0.6 is 0 Å². The molecule has 0 radical (unpaired) electrons. The molecule has 0 fully saturated rings. The van der Waals surface area contributed by atoms with Crippen molar-refractivity contribution in [3.05, 3.63) is 39.7 Å². The van der Waals surface area contributed by atoms with E-state index in [0.717, 1.165) is 0 Å². The van der Waals surface area contributed by atoms with Crippen molar-refractivity contribution in [3.8, 4) is 5.75 Å². The van der Waals surface area contributed by atoms with Crippen molar-refractivity contribution in [3.63, 3.8) is 0 Å². The summed E-state index contributed by atoms with van der Waals surface area (Å²) >= 11 is 0. The molecule has 1 aromatic carbocycles. The predicted molar refractivity (Wildman–Crippen MR) is 69.2 cm³/mol. The average molecular weight is 262 g/mol. The lowest BCUT2D eigenvalue weighted by Gasteiger charge is -2.07. The Kier molecular flexibility index (Phi) is 3.55. The van der Waals surface area contributed by atoms with Crippen LogP contribution in [0.5, 0.6) is 5.75 Å². The van der Waals surface area contributed by atoms with Gasteiger partial charge in [-0.1, -0.05) is 0 Å². The summed E-state index contributed by atoms with van der Waals surface area (Å²) in [5.74, 6) is -0.0555. The van der Waals surface area contributed by atoms with Crippen LogP contribution in [0.1, 0.15) is 18.2 Å². The topological polar surface area (TPSA) is 76.7 Å². The molecule has 19 heavy (non-hydrogen) atoms. The first-order chi connectivity index (χ1) is 9.01. The highest BCUT2D eigenvalue weighted by Crippen LogP contribution is 2.23. The van der Waals surface area contributed by atoms with Crippen molar-refractivity contribution >= 4 is 16.9 Å². The van der Waals surface area contributed by atoms with E-state index < -0.39 is 5.97 Å². The van der Waals surface area contributed by atoms with E-state index in [9.17, 15) is 14.7 Å². The van der Waals surface area contributed by atoms with Crippen LogP contribution in [-0.4, -0.2) is 17.7 Å². The molecular formula is C14H14O5. The van der Waals surface area contributed by atoms with E-state index in [2.05, 4.69) is 0 Å². The zero-order valence-electron chi connectivity index (χ0n) is 10.7. The zero-order chi connectivity index (χ0) is 14.0. The Balaban J connectivity index is 2.60. The number of aryl methyl sites for hydroxylation is 1. The highest BCUT2D eigenvalue weighted by molar-refractivity contribution is 5.86. The molecule has 100 valence electrons. The summed E-state index contributed by atoms with van der Waals surface area (Å²) < 4.78 is 10.2. The Labute approximate surface area is 109 Å². The molecule has 0 aliphatic rings. The molecule has 0 saturated carbocycles. The molecule has 1 aromatic heterocycles. The molecule has 1 heterocycles. The van der Waals surface area contributed by atoms with Crippen LogP contribution in [0.15, 0.2) is 27.4 Å². The number of esters is 1. The quantitative estimate of drug-likeness (QED) is 0.855. The lowest BCUT2D eigenvalue weighted by molar-refractivity contribution is -0.142. The number of rotatable bonds is 3. The van der Waals surface area contributed by atoms with Crippen LogP contribution in [0.25, 0.3) is 11.0 Å². The van der Waals surface area contributed by atoms with Crippen molar-refractivity contribution in [2.75, 3.05) is 6.61 Å². The van der Waals surface area contributed by atoms with Crippen LogP contribution in [-0.2, 0) is 16.0 Å². The second-order valence-electron chi connectivity index (χ2n) is 4.18.